The van der Waals surface area contributed by atoms with Crippen molar-refractivity contribution in [3.8, 4) is 23.0 Å². The monoisotopic (exact) mass is 348 g/mol. The fourth-order valence-corrected chi connectivity index (χ4v) is 2.34. The minimum absolute atomic E-state index is 0.126. The van der Waals surface area contributed by atoms with Crippen LogP contribution in [0, 0.1) is 0 Å². The second-order valence-corrected chi connectivity index (χ2v) is 5.25. The predicted molar refractivity (Wildman–Crippen MR) is 92.6 cm³/mol. The molecule has 0 saturated heterocycles. The van der Waals surface area contributed by atoms with Gasteiger partial charge in [-0.2, -0.15) is 0 Å². The third kappa shape index (κ3) is 3.81. The SMILES string of the molecule is COc1cc(/C=C/C(=O)c2cc(Cl)ccc2O)cc(OC)c1OC. The highest BCUT2D eigenvalue weighted by Crippen LogP contribution is 2.38. The van der Waals surface area contributed by atoms with Crippen molar-refractivity contribution in [1.29, 1.82) is 0 Å². The highest BCUT2D eigenvalue weighted by Gasteiger charge is 2.13. The Balaban J connectivity index is 2.34. The van der Waals surface area contributed by atoms with Crippen LogP contribution in [-0.2, 0) is 0 Å². The van der Waals surface area contributed by atoms with Crippen molar-refractivity contribution in [2.75, 3.05) is 21.3 Å². The van der Waals surface area contributed by atoms with Crippen molar-refractivity contribution < 1.29 is 24.1 Å². The smallest absolute Gasteiger partial charge is 0.203 e. The predicted octanol–water partition coefficient (Wildman–Crippen LogP) is 3.97. The van der Waals surface area contributed by atoms with Gasteiger partial charge in [-0.05, 0) is 42.0 Å². The van der Waals surface area contributed by atoms with E-state index in [9.17, 15) is 9.90 Å². The Labute approximate surface area is 145 Å². The van der Waals surface area contributed by atoms with Gasteiger partial charge in [0.2, 0.25) is 5.75 Å². The van der Waals surface area contributed by atoms with E-state index in [-0.39, 0.29) is 17.1 Å². The van der Waals surface area contributed by atoms with E-state index in [4.69, 9.17) is 25.8 Å². The van der Waals surface area contributed by atoms with Gasteiger partial charge < -0.3 is 19.3 Å². The fraction of sp³-hybridized carbons (Fsp3) is 0.167. The normalized spacial score (nSPS) is 10.7. The topological polar surface area (TPSA) is 65.0 Å². The van der Waals surface area contributed by atoms with Gasteiger partial charge in [-0.3, -0.25) is 4.79 Å². The molecule has 1 N–H and O–H groups in total. The molecule has 126 valence electrons. The third-order valence-corrected chi connectivity index (χ3v) is 3.57. The Bertz CT molecular complexity index is 758. The molecule has 0 heterocycles. The molecule has 0 atom stereocenters. The Kier molecular flexibility index (Phi) is 5.71. The second kappa shape index (κ2) is 7.75. The average molecular weight is 349 g/mol. The van der Waals surface area contributed by atoms with E-state index < -0.39 is 0 Å². The molecule has 0 aliphatic heterocycles. The number of benzene rings is 2. The molecule has 6 heteroatoms. The van der Waals surface area contributed by atoms with Gasteiger partial charge >= 0.3 is 0 Å². The maximum Gasteiger partial charge on any atom is 0.203 e. The molecular formula is C18H17ClO5. The molecule has 2 aromatic carbocycles. The summed E-state index contributed by atoms with van der Waals surface area (Å²) in [5.74, 6) is 0.933. The van der Waals surface area contributed by atoms with Gasteiger partial charge in [0.25, 0.3) is 0 Å². The molecule has 0 aliphatic rings. The van der Waals surface area contributed by atoms with Crippen molar-refractivity contribution in [2.45, 2.75) is 0 Å². The Morgan fingerprint density at radius 2 is 1.67 bits per heavy atom. The first-order valence-electron chi connectivity index (χ1n) is 7.01. The van der Waals surface area contributed by atoms with Crippen LogP contribution in [0.4, 0.5) is 0 Å². The number of aromatic hydroxyl groups is 1. The van der Waals surface area contributed by atoms with Crippen LogP contribution in [-0.4, -0.2) is 32.2 Å². The van der Waals surface area contributed by atoms with Gasteiger partial charge in [0.05, 0.1) is 26.9 Å². The standard InChI is InChI=1S/C18H17ClO5/c1-22-16-8-11(9-17(23-2)18(16)24-3)4-6-14(20)13-10-12(19)5-7-15(13)21/h4-10,21H,1-3H3/b6-4+. The van der Waals surface area contributed by atoms with Crippen molar-refractivity contribution in [2.24, 2.45) is 0 Å². The Hall–Kier alpha value is -2.66. The van der Waals surface area contributed by atoms with Gasteiger partial charge in [0.15, 0.2) is 17.3 Å². The highest BCUT2D eigenvalue weighted by atomic mass is 35.5. The van der Waals surface area contributed by atoms with Crippen molar-refractivity contribution in [1.82, 2.24) is 0 Å². The van der Waals surface area contributed by atoms with Crippen molar-refractivity contribution >= 4 is 23.5 Å². The van der Waals surface area contributed by atoms with Crippen LogP contribution >= 0.6 is 11.6 Å². The fourth-order valence-electron chi connectivity index (χ4n) is 2.16. The summed E-state index contributed by atoms with van der Waals surface area (Å²) in [6.07, 6.45) is 2.93. The van der Waals surface area contributed by atoms with Crippen molar-refractivity contribution in [3.05, 3.63) is 52.6 Å². The first-order valence-corrected chi connectivity index (χ1v) is 7.39. The van der Waals surface area contributed by atoms with E-state index in [1.54, 1.807) is 18.2 Å². The molecule has 0 amide bonds. The van der Waals surface area contributed by atoms with Gasteiger partial charge in [0.1, 0.15) is 5.75 Å². The lowest BCUT2D eigenvalue weighted by Crippen LogP contribution is -1.97. The largest absolute Gasteiger partial charge is 0.507 e. The van der Waals surface area contributed by atoms with Crippen LogP contribution in [0.15, 0.2) is 36.4 Å². The van der Waals surface area contributed by atoms with Crippen LogP contribution in [0.1, 0.15) is 15.9 Å². The number of phenols is 1. The first kappa shape index (κ1) is 17.7. The van der Waals surface area contributed by atoms with E-state index in [2.05, 4.69) is 0 Å². The van der Waals surface area contributed by atoms with E-state index in [0.29, 0.717) is 27.8 Å². The van der Waals surface area contributed by atoms with E-state index >= 15 is 0 Å². The zero-order chi connectivity index (χ0) is 17.7. The van der Waals surface area contributed by atoms with Crippen LogP contribution < -0.4 is 14.2 Å². The zero-order valence-corrected chi connectivity index (χ0v) is 14.3. The summed E-state index contributed by atoms with van der Waals surface area (Å²) in [6, 6.07) is 7.73. The number of rotatable bonds is 6. The van der Waals surface area contributed by atoms with Crippen molar-refractivity contribution in [3.63, 3.8) is 0 Å². The molecule has 2 aromatic rings. The summed E-state index contributed by atoms with van der Waals surface area (Å²) >= 11 is 5.86. The number of allylic oxidation sites excluding steroid dienone is 1. The summed E-state index contributed by atoms with van der Waals surface area (Å²) in [5.41, 5.74) is 0.811. The highest BCUT2D eigenvalue weighted by molar-refractivity contribution is 6.31. The van der Waals surface area contributed by atoms with Gasteiger partial charge in [0, 0.05) is 5.02 Å². The molecule has 0 saturated carbocycles. The molecule has 0 spiro atoms. The number of ketones is 1. The molecule has 2 rings (SSSR count). The van der Waals surface area contributed by atoms with E-state index in [1.807, 2.05) is 0 Å². The van der Waals surface area contributed by atoms with Crippen LogP contribution in [0.3, 0.4) is 0 Å². The minimum atomic E-state index is -0.372. The lowest BCUT2D eigenvalue weighted by molar-refractivity contribution is 0.104. The molecule has 0 radical (unpaired) electrons. The maximum absolute atomic E-state index is 12.2. The number of phenolic OH excluding ortho intramolecular Hbond substituents is 1. The number of methoxy groups -OCH3 is 3. The lowest BCUT2D eigenvalue weighted by Gasteiger charge is -2.12. The number of carbonyl (C=O) groups is 1. The number of ether oxygens (including phenoxy) is 3. The zero-order valence-electron chi connectivity index (χ0n) is 13.5. The quantitative estimate of drug-likeness (QED) is 0.632. The van der Waals surface area contributed by atoms with Gasteiger partial charge in [-0.15, -0.1) is 0 Å². The second-order valence-electron chi connectivity index (χ2n) is 4.82. The van der Waals surface area contributed by atoms with E-state index in [0.717, 1.165) is 0 Å². The number of hydrogen-bond donors (Lipinski definition) is 1. The molecule has 0 unspecified atom stereocenters. The molecule has 0 aromatic heterocycles. The summed E-state index contributed by atoms with van der Waals surface area (Å²) in [6.45, 7) is 0. The molecule has 0 fully saturated rings. The average Bonchev–Trinajstić information content (AvgIpc) is 2.60. The molecule has 24 heavy (non-hydrogen) atoms. The first-order chi connectivity index (χ1) is 11.5. The Morgan fingerprint density at radius 3 is 2.21 bits per heavy atom. The van der Waals surface area contributed by atoms with E-state index in [1.165, 1.54) is 45.6 Å². The summed E-state index contributed by atoms with van der Waals surface area (Å²) in [5, 5.41) is 10.1. The minimum Gasteiger partial charge on any atom is -0.507 e. The van der Waals surface area contributed by atoms with Gasteiger partial charge in [-0.1, -0.05) is 17.7 Å². The number of carbonyl (C=O) groups excluding carboxylic acids is 1. The molecule has 0 bridgehead atoms. The van der Waals surface area contributed by atoms with Crippen LogP contribution in [0.5, 0.6) is 23.0 Å². The van der Waals surface area contributed by atoms with Crippen LogP contribution in [0.25, 0.3) is 6.08 Å². The summed E-state index contributed by atoms with van der Waals surface area (Å²) in [4.78, 5) is 12.2. The molecular weight excluding hydrogens is 332 g/mol. The Morgan fingerprint density at radius 1 is 1.04 bits per heavy atom. The lowest BCUT2D eigenvalue weighted by atomic mass is 10.1. The number of halogens is 1. The summed E-state index contributed by atoms with van der Waals surface area (Å²) < 4.78 is 15.8. The number of hydrogen-bond acceptors (Lipinski definition) is 5. The summed E-state index contributed by atoms with van der Waals surface area (Å²) in [7, 11) is 4.54. The van der Waals surface area contributed by atoms with Gasteiger partial charge in [-0.25, -0.2) is 0 Å². The molecule has 5 nitrogen and oxygen atoms in total. The van der Waals surface area contributed by atoms with Crippen LogP contribution in [0.2, 0.25) is 5.02 Å². The molecule has 0 aliphatic carbocycles. The third-order valence-electron chi connectivity index (χ3n) is 3.34. The maximum atomic E-state index is 12.2.